The fourth-order valence-corrected chi connectivity index (χ4v) is 7.92. The van der Waals surface area contributed by atoms with Gasteiger partial charge in [0.2, 0.25) is 5.91 Å². The van der Waals surface area contributed by atoms with Crippen molar-refractivity contribution in [2.45, 2.75) is 275 Å². The van der Waals surface area contributed by atoms with E-state index in [1.54, 1.807) is 6.08 Å². The number of carbonyl (C=O) groups excluding carboxylic acids is 1. The Kier molecular flexibility index (Phi) is 37.0. The maximum atomic E-state index is 13.0. The zero-order valence-corrected chi connectivity index (χ0v) is 37.1. The first-order valence-corrected chi connectivity index (χ1v) is 24.4. The molecular formula is C48H93NO8. The van der Waals surface area contributed by atoms with Gasteiger partial charge in [-0.1, -0.05) is 219 Å². The Balaban J connectivity index is 2.32. The smallest absolute Gasteiger partial charge is 0.220 e. The summed E-state index contributed by atoms with van der Waals surface area (Å²) in [7, 11) is 0. The molecule has 1 fully saturated rings. The first-order chi connectivity index (χ1) is 27.8. The standard InChI is InChI=1S/C48H93NO8/c1-3-5-7-9-11-13-15-17-19-21-23-25-27-29-31-33-35-37-42(51)41(40-56-48-47(55)46(54)45(53)43(39-50)57-48)49-44(52)38-36-34-32-30-28-26-24-22-20-18-16-14-12-10-8-6-4-2/h35,37,41-43,45-48,50-51,53-55H,3-34,36,38-40H2,1-2H3,(H,49,52)/b37-35+/t41-,42+,43+,45-,46?,47?,48+/m0/s1. The van der Waals surface area contributed by atoms with Crippen LogP contribution in [0.25, 0.3) is 0 Å². The van der Waals surface area contributed by atoms with Gasteiger partial charge in [0.1, 0.15) is 24.4 Å². The minimum atomic E-state index is -1.56. The highest BCUT2D eigenvalue weighted by Crippen LogP contribution is 2.23. The van der Waals surface area contributed by atoms with Crippen LogP contribution in [0.4, 0.5) is 0 Å². The fraction of sp³-hybridized carbons (Fsp3) is 0.938. The summed E-state index contributed by atoms with van der Waals surface area (Å²) in [6, 6.07) is -0.798. The van der Waals surface area contributed by atoms with Crippen LogP contribution >= 0.6 is 0 Å². The highest BCUT2D eigenvalue weighted by atomic mass is 16.7. The molecule has 0 radical (unpaired) electrons. The van der Waals surface area contributed by atoms with Crippen molar-refractivity contribution < 1.29 is 39.8 Å². The second kappa shape index (κ2) is 39.1. The lowest BCUT2D eigenvalue weighted by Crippen LogP contribution is -2.60. The number of aliphatic hydroxyl groups excluding tert-OH is 5. The first kappa shape index (κ1) is 53.9. The van der Waals surface area contributed by atoms with Crippen LogP contribution in [0.2, 0.25) is 0 Å². The third kappa shape index (κ3) is 29.7. The third-order valence-corrected chi connectivity index (χ3v) is 11.9. The number of amides is 1. The lowest BCUT2D eigenvalue weighted by atomic mass is 9.99. The zero-order valence-electron chi connectivity index (χ0n) is 37.1. The Labute approximate surface area is 350 Å². The summed E-state index contributed by atoms with van der Waals surface area (Å²) in [6.45, 7) is 3.79. The van der Waals surface area contributed by atoms with Crippen molar-refractivity contribution in [2.75, 3.05) is 13.2 Å². The first-order valence-electron chi connectivity index (χ1n) is 24.4. The van der Waals surface area contributed by atoms with Crippen LogP contribution < -0.4 is 5.32 Å². The van der Waals surface area contributed by atoms with Gasteiger partial charge < -0.3 is 40.3 Å². The number of allylic oxidation sites excluding steroid dienone is 1. The number of unbranched alkanes of at least 4 members (excludes halogenated alkanes) is 31. The predicted octanol–water partition coefficient (Wildman–Crippen LogP) is 10.5. The van der Waals surface area contributed by atoms with Crippen LogP contribution in [0.3, 0.4) is 0 Å². The molecule has 338 valence electrons. The molecular weight excluding hydrogens is 719 g/mol. The van der Waals surface area contributed by atoms with E-state index < -0.39 is 49.5 Å². The molecule has 9 heteroatoms. The number of aliphatic hydroxyl groups is 5. The lowest BCUT2D eigenvalue weighted by molar-refractivity contribution is -0.302. The van der Waals surface area contributed by atoms with Gasteiger partial charge in [-0.05, 0) is 19.3 Å². The van der Waals surface area contributed by atoms with E-state index in [1.807, 2.05) is 6.08 Å². The zero-order chi connectivity index (χ0) is 41.6. The van der Waals surface area contributed by atoms with E-state index in [4.69, 9.17) is 9.47 Å². The largest absolute Gasteiger partial charge is 0.394 e. The minimum Gasteiger partial charge on any atom is -0.394 e. The molecule has 1 amide bonds. The van der Waals surface area contributed by atoms with E-state index in [0.29, 0.717) is 6.42 Å². The van der Waals surface area contributed by atoms with E-state index in [2.05, 4.69) is 19.2 Å². The maximum Gasteiger partial charge on any atom is 0.220 e. The molecule has 0 aromatic rings. The van der Waals surface area contributed by atoms with Gasteiger partial charge in [-0.25, -0.2) is 0 Å². The monoisotopic (exact) mass is 812 g/mol. The lowest BCUT2D eigenvalue weighted by Gasteiger charge is -2.40. The van der Waals surface area contributed by atoms with E-state index in [1.165, 1.54) is 173 Å². The van der Waals surface area contributed by atoms with Crippen LogP contribution in [0, 0.1) is 0 Å². The maximum absolute atomic E-state index is 13.0. The van der Waals surface area contributed by atoms with Gasteiger partial charge in [0.05, 0.1) is 25.4 Å². The quantitative estimate of drug-likeness (QED) is 0.0264. The van der Waals surface area contributed by atoms with Gasteiger partial charge >= 0.3 is 0 Å². The third-order valence-electron chi connectivity index (χ3n) is 11.9. The molecule has 1 rings (SSSR count). The van der Waals surface area contributed by atoms with Crippen LogP contribution in [0.15, 0.2) is 12.2 Å². The Morgan fingerprint density at radius 1 is 0.579 bits per heavy atom. The van der Waals surface area contributed by atoms with Gasteiger partial charge in [-0.2, -0.15) is 0 Å². The molecule has 1 heterocycles. The van der Waals surface area contributed by atoms with E-state index in [-0.39, 0.29) is 12.5 Å². The van der Waals surface area contributed by atoms with Crippen LogP contribution in [0.1, 0.15) is 232 Å². The van der Waals surface area contributed by atoms with E-state index >= 15 is 0 Å². The van der Waals surface area contributed by atoms with Gasteiger partial charge in [0, 0.05) is 6.42 Å². The normalized spacial score (nSPS) is 21.0. The summed E-state index contributed by atoms with van der Waals surface area (Å²) in [5, 5.41) is 54.3. The Bertz CT molecular complexity index is 904. The average molecular weight is 812 g/mol. The number of hydrogen-bond acceptors (Lipinski definition) is 8. The van der Waals surface area contributed by atoms with Gasteiger partial charge in [0.15, 0.2) is 6.29 Å². The van der Waals surface area contributed by atoms with Crippen LogP contribution in [0.5, 0.6) is 0 Å². The van der Waals surface area contributed by atoms with Gasteiger partial charge in [0.25, 0.3) is 0 Å². The minimum absolute atomic E-state index is 0.173. The van der Waals surface area contributed by atoms with Crippen molar-refractivity contribution in [1.82, 2.24) is 5.32 Å². The molecule has 0 saturated carbocycles. The molecule has 2 unspecified atom stereocenters. The highest BCUT2D eigenvalue weighted by molar-refractivity contribution is 5.76. The second-order valence-corrected chi connectivity index (χ2v) is 17.3. The molecule has 1 aliphatic heterocycles. The molecule has 0 aliphatic carbocycles. The molecule has 1 aliphatic rings. The number of rotatable bonds is 41. The number of ether oxygens (including phenoxy) is 2. The summed E-state index contributed by atoms with van der Waals surface area (Å²) in [5.41, 5.74) is 0. The topological polar surface area (TPSA) is 149 Å². The summed E-state index contributed by atoms with van der Waals surface area (Å²) in [4.78, 5) is 13.0. The summed E-state index contributed by atoms with van der Waals surface area (Å²) < 4.78 is 11.2. The molecule has 57 heavy (non-hydrogen) atoms. The number of carbonyl (C=O) groups is 1. The molecule has 1 saturated heterocycles. The van der Waals surface area contributed by atoms with Crippen LogP contribution in [-0.2, 0) is 14.3 Å². The summed E-state index contributed by atoms with van der Waals surface area (Å²) in [5.74, 6) is -0.173. The molecule has 0 aromatic carbocycles. The van der Waals surface area contributed by atoms with Crippen molar-refractivity contribution in [1.29, 1.82) is 0 Å². The second-order valence-electron chi connectivity index (χ2n) is 17.3. The molecule has 9 nitrogen and oxygen atoms in total. The van der Waals surface area contributed by atoms with Crippen molar-refractivity contribution in [3.05, 3.63) is 12.2 Å². The number of hydrogen-bond donors (Lipinski definition) is 6. The molecule has 0 bridgehead atoms. The Morgan fingerprint density at radius 2 is 0.965 bits per heavy atom. The highest BCUT2D eigenvalue weighted by Gasteiger charge is 2.44. The van der Waals surface area contributed by atoms with E-state index in [0.717, 1.165) is 38.5 Å². The van der Waals surface area contributed by atoms with Crippen molar-refractivity contribution in [2.24, 2.45) is 0 Å². The van der Waals surface area contributed by atoms with Gasteiger partial charge in [-0.3, -0.25) is 4.79 Å². The number of nitrogens with one attached hydrogen (secondary N) is 1. The van der Waals surface area contributed by atoms with Gasteiger partial charge in [-0.15, -0.1) is 0 Å². The SMILES string of the molecule is CCCCCCCCCCCCCCCCC/C=C/[C@@H](O)[C@H](CO[C@@H]1O[C@H](CO)[C@H](O)C(O)C1O)NC(=O)CCCCCCCCCCCCCCCCCCC. The summed E-state index contributed by atoms with van der Waals surface area (Å²) >= 11 is 0. The summed E-state index contributed by atoms with van der Waals surface area (Å²) in [6.07, 6.45) is 38.2. The molecule has 7 atom stereocenters. The Morgan fingerprint density at radius 3 is 1.37 bits per heavy atom. The van der Waals surface area contributed by atoms with Crippen molar-refractivity contribution in [3.63, 3.8) is 0 Å². The van der Waals surface area contributed by atoms with E-state index in [9.17, 15) is 30.3 Å². The predicted molar refractivity (Wildman–Crippen MR) is 235 cm³/mol. The molecule has 0 aromatic heterocycles. The average Bonchev–Trinajstić information content (AvgIpc) is 3.21. The molecule has 0 spiro atoms. The van der Waals surface area contributed by atoms with Crippen LogP contribution in [-0.4, -0.2) is 87.5 Å². The molecule has 6 N–H and O–H groups in total. The Hall–Kier alpha value is -1.07. The van der Waals surface area contributed by atoms with Crippen molar-refractivity contribution in [3.8, 4) is 0 Å². The van der Waals surface area contributed by atoms with Crippen molar-refractivity contribution >= 4 is 5.91 Å². The fourth-order valence-electron chi connectivity index (χ4n) is 7.92.